The Kier molecular flexibility index (Phi) is 3.78. The summed E-state index contributed by atoms with van der Waals surface area (Å²) in [6, 6.07) is 1.72. The minimum Gasteiger partial charge on any atom is -0.313 e. The summed E-state index contributed by atoms with van der Waals surface area (Å²) in [7, 11) is 0. The number of nitrogens with zero attached hydrogens (tertiary/aromatic N) is 3. The third-order valence-corrected chi connectivity index (χ3v) is 2.46. The first kappa shape index (κ1) is 12.4. The Morgan fingerprint density at radius 3 is 2.89 bits per heavy atom. The summed E-state index contributed by atoms with van der Waals surface area (Å²) in [6.45, 7) is 5.11. The Balaban J connectivity index is 2.31. The SMILES string of the molecule is CCNCc1cnc(-c2ccnc(C)n2)[nH]c1=O. The van der Waals surface area contributed by atoms with E-state index in [1.165, 1.54) is 0 Å². The maximum Gasteiger partial charge on any atom is 0.255 e. The summed E-state index contributed by atoms with van der Waals surface area (Å²) in [4.78, 5) is 27.0. The van der Waals surface area contributed by atoms with Crippen LogP contribution < -0.4 is 10.9 Å². The van der Waals surface area contributed by atoms with Crippen molar-refractivity contribution in [2.75, 3.05) is 6.54 Å². The molecule has 2 N–H and O–H groups in total. The van der Waals surface area contributed by atoms with Crippen molar-refractivity contribution >= 4 is 0 Å². The second-order valence-electron chi connectivity index (χ2n) is 3.86. The zero-order valence-electron chi connectivity index (χ0n) is 10.4. The summed E-state index contributed by atoms with van der Waals surface area (Å²) < 4.78 is 0. The van der Waals surface area contributed by atoms with Gasteiger partial charge in [-0.05, 0) is 19.5 Å². The van der Waals surface area contributed by atoms with Gasteiger partial charge in [0, 0.05) is 24.5 Å². The number of hydrogen-bond donors (Lipinski definition) is 2. The van der Waals surface area contributed by atoms with Crippen LogP contribution >= 0.6 is 0 Å². The van der Waals surface area contributed by atoms with Crippen molar-refractivity contribution in [1.82, 2.24) is 25.3 Å². The summed E-state index contributed by atoms with van der Waals surface area (Å²) in [5.41, 5.74) is 1.10. The largest absolute Gasteiger partial charge is 0.313 e. The molecule has 2 aromatic heterocycles. The number of aromatic nitrogens is 4. The average Bonchev–Trinajstić information content (AvgIpc) is 2.37. The maximum absolute atomic E-state index is 11.8. The summed E-state index contributed by atoms with van der Waals surface area (Å²) in [5, 5.41) is 3.09. The Morgan fingerprint density at radius 1 is 1.39 bits per heavy atom. The molecule has 6 nitrogen and oxygen atoms in total. The maximum atomic E-state index is 11.8. The quantitative estimate of drug-likeness (QED) is 0.826. The predicted octanol–water partition coefficient (Wildman–Crippen LogP) is 0.645. The lowest BCUT2D eigenvalue weighted by atomic mass is 10.3. The van der Waals surface area contributed by atoms with E-state index < -0.39 is 0 Å². The van der Waals surface area contributed by atoms with Crippen LogP contribution in [-0.2, 0) is 6.54 Å². The third kappa shape index (κ3) is 2.78. The zero-order valence-corrected chi connectivity index (χ0v) is 10.4. The first-order valence-electron chi connectivity index (χ1n) is 5.79. The Hall–Kier alpha value is -2.08. The highest BCUT2D eigenvalue weighted by atomic mass is 16.1. The van der Waals surface area contributed by atoms with E-state index in [1.807, 2.05) is 6.92 Å². The van der Waals surface area contributed by atoms with Gasteiger partial charge in [0.05, 0.1) is 0 Å². The second-order valence-corrected chi connectivity index (χ2v) is 3.86. The van der Waals surface area contributed by atoms with E-state index in [2.05, 4.69) is 25.3 Å². The molecule has 94 valence electrons. The number of rotatable bonds is 4. The molecule has 0 bridgehead atoms. The first-order chi connectivity index (χ1) is 8.70. The van der Waals surface area contributed by atoms with Crippen LogP contribution in [0.5, 0.6) is 0 Å². The molecule has 0 spiro atoms. The highest BCUT2D eigenvalue weighted by Crippen LogP contribution is 2.08. The number of nitrogens with one attached hydrogen (secondary N) is 2. The number of H-pyrrole nitrogens is 1. The van der Waals surface area contributed by atoms with E-state index in [1.54, 1.807) is 25.4 Å². The topological polar surface area (TPSA) is 83.6 Å². The fourth-order valence-electron chi connectivity index (χ4n) is 1.53. The molecule has 0 atom stereocenters. The molecule has 0 aliphatic heterocycles. The minimum atomic E-state index is -0.141. The van der Waals surface area contributed by atoms with Crippen LogP contribution in [0.3, 0.4) is 0 Å². The van der Waals surface area contributed by atoms with Gasteiger partial charge in [-0.2, -0.15) is 0 Å². The summed E-state index contributed by atoms with van der Waals surface area (Å²) >= 11 is 0. The van der Waals surface area contributed by atoms with Gasteiger partial charge in [0.15, 0.2) is 5.82 Å². The van der Waals surface area contributed by atoms with Crippen molar-refractivity contribution in [1.29, 1.82) is 0 Å². The van der Waals surface area contributed by atoms with Gasteiger partial charge in [0.25, 0.3) is 5.56 Å². The van der Waals surface area contributed by atoms with Crippen molar-refractivity contribution in [2.45, 2.75) is 20.4 Å². The number of hydrogen-bond acceptors (Lipinski definition) is 5. The standard InChI is InChI=1S/C12H15N5O/c1-3-13-6-9-7-15-11(17-12(9)18)10-4-5-14-8(2)16-10/h4-5,7,13H,3,6H2,1-2H3,(H,15,17,18). The summed E-state index contributed by atoms with van der Waals surface area (Å²) in [5.74, 6) is 1.11. The lowest BCUT2D eigenvalue weighted by Gasteiger charge is -2.03. The van der Waals surface area contributed by atoms with Crippen LogP contribution in [0.4, 0.5) is 0 Å². The molecule has 0 fully saturated rings. The van der Waals surface area contributed by atoms with Crippen LogP contribution in [-0.4, -0.2) is 26.5 Å². The van der Waals surface area contributed by atoms with Gasteiger partial charge in [-0.3, -0.25) is 4.79 Å². The van der Waals surface area contributed by atoms with Crippen molar-refractivity contribution in [3.8, 4) is 11.5 Å². The van der Waals surface area contributed by atoms with E-state index in [4.69, 9.17) is 0 Å². The Labute approximate surface area is 105 Å². The average molecular weight is 245 g/mol. The van der Waals surface area contributed by atoms with Gasteiger partial charge in [-0.25, -0.2) is 15.0 Å². The molecule has 2 heterocycles. The second kappa shape index (κ2) is 5.50. The molecule has 0 saturated heterocycles. The first-order valence-corrected chi connectivity index (χ1v) is 5.79. The zero-order chi connectivity index (χ0) is 13.0. The van der Waals surface area contributed by atoms with Crippen molar-refractivity contribution in [2.24, 2.45) is 0 Å². The van der Waals surface area contributed by atoms with Gasteiger partial charge in [-0.1, -0.05) is 6.92 Å². The van der Waals surface area contributed by atoms with Crippen molar-refractivity contribution < 1.29 is 0 Å². The molecular weight excluding hydrogens is 230 g/mol. The molecular formula is C12H15N5O. The van der Waals surface area contributed by atoms with Crippen LogP contribution in [0.15, 0.2) is 23.3 Å². The van der Waals surface area contributed by atoms with Crippen molar-refractivity contribution in [3.05, 3.63) is 40.2 Å². The molecule has 0 radical (unpaired) electrons. The predicted molar refractivity (Wildman–Crippen MR) is 68.0 cm³/mol. The van der Waals surface area contributed by atoms with Gasteiger partial charge < -0.3 is 10.3 Å². The number of aryl methyl sites for hydroxylation is 1. The highest BCUT2D eigenvalue weighted by Gasteiger charge is 2.05. The third-order valence-electron chi connectivity index (χ3n) is 2.46. The molecule has 18 heavy (non-hydrogen) atoms. The van der Waals surface area contributed by atoms with Crippen LogP contribution in [0.1, 0.15) is 18.3 Å². The fourth-order valence-corrected chi connectivity index (χ4v) is 1.53. The van der Waals surface area contributed by atoms with Crippen LogP contribution in [0, 0.1) is 6.92 Å². The van der Waals surface area contributed by atoms with E-state index in [0.717, 1.165) is 6.54 Å². The van der Waals surface area contributed by atoms with Crippen LogP contribution in [0.2, 0.25) is 0 Å². The van der Waals surface area contributed by atoms with Crippen LogP contribution in [0.25, 0.3) is 11.5 Å². The Morgan fingerprint density at radius 2 is 2.22 bits per heavy atom. The molecule has 0 aromatic carbocycles. The van der Waals surface area contributed by atoms with E-state index in [0.29, 0.717) is 29.5 Å². The van der Waals surface area contributed by atoms with Gasteiger partial charge in [0.1, 0.15) is 11.5 Å². The molecule has 2 rings (SSSR count). The van der Waals surface area contributed by atoms with Gasteiger partial charge >= 0.3 is 0 Å². The van der Waals surface area contributed by atoms with E-state index >= 15 is 0 Å². The molecule has 0 aliphatic rings. The molecule has 2 aromatic rings. The number of aromatic amines is 1. The van der Waals surface area contributed by atoms with Gasteiger partial charge in [0.2, 0.25) is 0 Å². The molecule has 0 saturated carbocycles. The van der Waals surface area contributed by atoms with E-state index in [9.17, 15) is 4.79 Å². The Bertz CT molecular complexity index is 593. The molecule has 0 aliphatic carbocycles. The van der Waals surface area contributed by atoms with Crippen molar-refractivity contribution in [3.63, 3.8) is 0 Å². The fraction of sp³-hybridized carbons (Fsp3) is 0.333. The summed E-state index contributed by atoms with van der Waals surface area (Å²) in [6.07, 6.45) is 3.22. The normalized spacial score (nSPS) is 10.6. The highest BCUT2D eigenvalue weighted by molar-refractivity contribution is 5.47. The lowest BCUT2D eigenvalue weighted by molar-refractivity contribution is 0.716. The smallest absolute Gasteiger partial charge is 0.255 e. The van der Waals surface area contributed by atoms with E-state index in [-0.39, 0.29) is 5.56 Å². The molecule has 0 amide bonds. The minimum absolute atomic E-state index is 0.141. The molecule has 0 unspecified atom stereocenters. The monoisotopic (exact) mass is 245 g/mol. The lowest BCUT2D eigenvalue weighted by Crippen LogP contribution is -2.21. The van der Waals surface area contributed by atoms with Gasteiger partial charge in [-0.15, -0.1) is 0 Å². The molecule has 6 heteroatoms.